The third kappa shape index (κ3) is 5.15. The first kappa shape index (κ1) is 14.5. The Balaban J connectivity index is 2.31. The van der Waals surface area contributed by atoms with Crippen LogP contribution in [0, 0.1) is 0 Å². The number of hydrogen-bond acceptors (Lipinski definition) is 3. The smallest absolute Gasteiger partial charge is 0.334 e. The second kappa shape index (κ2) is 6.97. The number of carboxylic acid groups (broad SMARTS) is 1. The Bertz CT molecular complexity index is 439. The molecule has 98 valence electrons. The van der Waals surface area contributed by atoms with Crippen LogP contribution in [0.5, 0.6) is 0 Å². The molecule has 1 aromatic carbocycles. The number of carboxylic acids is 1. The van der Waals surface area contributed by atoms with E-state index in [1.54, 1.807) is 0 Å². The zero-order chi connectivity index (χ0) is 13.5. The minimum Gasteiger partial charge on any atom is -0.479 e. The number of benzene rings is 1. The lowest BCUT2D eigenvalue weighted by atomic mass is 10.2. The van der Waals surface area contributed by atoms with Crippen LogP contribution in [0.3, 0.4) is 0 Å². The predicted octanol–water partition coefficient (Wildman–Crippen LogP) is 0.694. The fourth-order valence-corrected chi connectivity index (χ4v) is 1.62. The molecular weight excluding hydrogens is 304 g/mol. The van der Waals surface area contributed by atoms with E-state index in [9.17, 15) is 9.59 Å². The van der Waals surface area contributed by atoms with Crippen LogP contribution in [0.2, 0.25) is 0 Å². The number of carbonyl (C=O) groups excluding carboxylic acids is 1. The SMILES string of the molecule is O=C(NCc1cccc(Br)c1)NC[C@H](O)C(=O)O. The van der Waals surface area contributed by atoms with Crippen LogP contribution >= 0.6 is 15.9 Å². The molecular formula is C11H13BrN2O4. The Hall–Kier alpha value is -1.60. The maximum absolute atomic E-state index is 11.3. The van der Waals surface area contributed by atoms with E-state index in [1.807, 2.05) is 24.3 Å². The van der Waals surface area contributed by atoms with Crippen LogP contribution in [0.4, 0.5) is 4.79 Å². The van der Waals surface area contributed by atoms with Gasteiger partial charge in [-0.15, -0.1) is 0 Å². The maximum atomic E-state index is 11.3. The Morgan fingerprint density at radius 3 is 2.67 bits per heavy atom. The van der Waals surface area contributed by atoms with Crippen molar-refractivity contribution in [2.75, 3.05) is 6.54 Å². The largest absolute Gasteiger partial charge is 0.479 e. The lowest BCUT2D eigenvalue weighted by molar-refractivity contribution is -0.146. The third-order valence-corrected chi connectivity index (χ3v) is 2.58. The van der Waals surface area contributed by atoms with Crippen molar-refractivity contribution in [1.82, 2.24) is 10.6 Å². The summed E-state index contributed by atoms with van der Waals surface area (Å²) < 4.78 is 0.906. The van der Waals surface area contributed by atoms with Crippen molar-refractivity contribution in [3.63, 3.8) is 0 Å². The Morgan fingerprint density at radius 2 is 2.06 bits per heavy atom. The van der Waals surface area contributed by atoms with Gasteiger partial charge in [-0.2, -0.15) is 0 Å². The van der Waals surface area contributed by atoms with Gasteiger partial charge < -0.3 is 20.8 Å². The zero-order valence-electron chi connectivity index (χ0n) is 9.39. The molecule has 0 radical (unpaired) electrons. The summed E-state index contributed by atoms with van der Waals surface area (Å²) in [5.41, 5.74) is 0.901. The number of carbonyl (C=O) groups is 2. The number of aliphatic carboxylic acids is 1. The first-order valence-electron chi connectivity index (χ1n) is 5.16. The molecule has 0 unspecified atom stereocenters. The van der Waals surface area contributed by atoms with Gasteiger partial charge in [0.05, 0.1) is 6.54 Å². The number of halogens is 1. The number of aliphatic hydroxyl groups is 1. The van der Waals surface area contributed by atoms with Gasteiger partial charge in [0.2, 0.25) is 0 Å². The molecule has 0 aliphatic rings. The van der Waals surface area contributed by atoms with Gasteiger partial charge in [0.1, 0.15) is 0 Å². The molecule has 7 heteroatoms. The van der Waals surface area contributed by atoms with Crippen molar-refractivity contribution < 1.29 is 19.8 Å². The van der Waals surface area contributed by atoms with Crippen LogP contribution in [0.15, 0.2) is 28.7 Å². The van der Waals surface area contributed by atoms with Gasteiger partial charge in [-0.3, -0.25) is 0 Å². The van der Waals surface area contributed by atoms with E-state index in [2.05, 4.69) is 26.6 Å². The lowest BCUT2D eigenvalue weighted by Gasteiger charge is -2.09. The molecule has 0 fully saturated rings. The van der Waals surface area contributed by atoms with E-state index in [0.29, 0.717) is 6.54 Å². The normalized spacial score (nSPS) is 11.7. The molecule has 4 N–H and O–H groups in total. The Kier molecular flexibility index (Phi) is 5.60. The number of amides is 2. The monoisotopic (exact) mass is 316 g/mol. The summed E-state index contributed by atoms with van der Waals surface area (Å²) >= 11 is 3.31. The van der Waals surface area contributed by atoms with Crippen LogP contribution in [0.25, 0.3) is 0 Å². The molecule has 6 nitrogen and oxygen atoms in total. The molecule has 18 heavy (non-hydrogen) atoms. The minimum absolute atomic E-state index is 0.314. The number of hydrogen-bond donors (Lipinski definition) is 4. The predicted molar refractivity (Wildman–Crippen MR) is 68.0 cm³/mol. The van der Waals surface area contributed by atoms with Gasteiger partial charge in [-0.25, -0.2) is 9.59 Å². The number of urea groups is 1. The highest BCUT2D eigenvalue weighted by Crippen LogP contribution is 2.11. The highest BCUT2D eigenvalue weighted by molar-refractivity contribution is 9.10. The molecule has 1 rings (SSSR count). The van der Waals surface area contributed by atoms with Crippen molar-refractivity contribution in [3.05, 3.63) is 34.3 Å². The molecule has 0 heterocycles. The highest BCUT2D eigenvalue weighted by atomic mass is 79.9. The molecule has 2 amide bonds. The van der Waals surface area contributed by atoms with Gasteiger partial charge in [0.15, 0.2) is 6.10 Å². The summed E-state index contributed by atoms with van der Waals surface area (Å²) in [6.07, 6.45) is -1.60. The number of nitrogens with one attached hydrogen (secondary N) is 2. The van der Waals surface area contributed by atoms with Crippen molar-refractivity contribution in [2.45, 2.75) is 12.6 Å². The van der Waals surface area contributed by atoms with E-state index in [1.165, 1.54) is 0 Å². The number of aliphatic hydroxyl groups excluding tert-OH is 1. The molecule has 0 saturated carbocycles. The molecule has 0 aliphatic carbocycles. The van der Waals surface area contributed by atoms with Crippen molar-refractivity contribution in [2.24, 2.45) is 0 Å². The molecule has 0 spiro atoms. The summed E-state index contributed by atoms with van der Waals surface area (Å²) in [6.45, 7) is -0.0198. The summed E-state index contributed by atoms with van der Waals surface area (Å²) in [6, 6.07) is 6.87. The standard InChI is InChI=1S/C11H13BrN2O4/c12-8-3-1-2-7(4-8)5-13-11(18)14-6-9(15)10(16)17/h1-4,9,15H,5-6H2,(H,16,17)(H2,13,14,18)/t9-/m0/s1. The summed E-state index contributed by atoms with van der Waals surface area (Å²) in [5.74, 6) is -1.37. The van der Waals surface area contributed by atoms with E-state index in [-0.39, 0.29) is 6.54 Å². The van der Waals surface area contributed by atoms with Gasteiger partial charge in [-0.05, 0) is 17.7 Å². The fraction of sp³-hybridized carbons (Fsp3) is 0.273. The van der Waals surface area contributed by atoms with E-state index >= 15 is 0 Å². The Morgan fingerprint density at radius 1 is 1.33 bits per heavy atom. The van der Waals surface area contributed by atoms with E-state index < -0.39 is 18.1 Å². The van der Waals surface area contributed by atoms with Crippen LogP contribution in [-0.2, 0) is 11.3 Å². The highest BCUT2D eigenvalue weighted by Gasteiger charge is 2.13. The van der Waals surface area contributed by atoms with Gasteiger partial charge in [-0.1, -0.05) is 28.1 Å². The molecule has 0 aromatic heterocycles. The molecule has 0 bridgehead atoms. The van der Waals surface area contributed by atoms with Crippen LogP contribution < -0.4 is 10.6 Å². The summed E-state index contributed by atoms with van der Waals surface area (Å²) in [5, 5.41) is 22.2. The zero-order valence-corrected chi connectivity index (χ0v) is 11.0. The van der Waals surface area contributed by atoms with Crippen molar-refractivity contribution >= 4 is 27.9 Å². The van der Waals surface area contributed by atoms with Crippen LogP contribution in [0.1, 0.15) is 5.56 Å². The second-order valence-electron chi connectivity index (χ2n) is 3.55. The molecule has 0 aliphatic heterocycles. The van der Waals surface area contributed by atoms with Crippen molar-refractivity contribution in [3.8, 4) is 0 Å². The molecule has 1 atom stereocenters. The third-order valence-electron chi connectivity index (χ3n) is 2.08. The van der Waals surface area contributed by atoms with Crippen LogP contribution in [-0.4, -0.2) is 34.9 Å². The molecule has 0 saturated heterocycles. The van der Waals surface area contributed by atoms with E-state index in [0.717, 1.165) is 10.0 Å². The quantitative estimate of drug-likeness (QED) is 0.642. The minimum atomic E-state index is -1.60. The maximum Gasteiger partial charge on any atom is 0.334 e. The topological polar surface area (TPSA) is 98.7 Å². The second-order valence-corrected chi connectivity index (χ2v) is 4.46. The summed E-state index contributed by atoms with van der Waals surface area (Å²) in [7, 11) is 0. The first-order valence-corrected chi connectivity index (χ1v) is 5.95. The lowest BCUT2D eigenvalue weighted by Crippen LogP contribution is -2.41. The Labute approximate surface area is 112 Å². The first-order chi connectivity index (χ1) is 8.49. The fourth-order valence-electron chi connectivity index (χ4n) is 1.17. The number of rotatable bonds is 5. The summed E-state index contributed by atoms with van der Waals surface area (Å²) in [4.78, 5) is 21.6. The van der Waals surface area contributed by atoms with Crippen molar-refractivity contribution in [1.29, 1.82) is 0 Å². The van der Waals surface area contributed by atoms with E-state index in [4.69, 9.17) is 10.2 Å². The van der Waals surface area contributed by atoms with Gasteiger partial charge in [0.25, 0.3) is 0 Å². The van der Waals surface area contributed by atoms with Gasteiger partial charge >= 0.3 is 12.0 Å². The average Bonchev–Trinajstić information content (AvgIpc) is 2.33. The molecule has 1 aromatic rings. The van der Waals surface area contributed by atoms with Gasteiger partial charge in [0, 0.05) is 11.0 Å². The average molecular weight is 317 g/mol.